The van der Waals surface area contributed by atoms with Crippen molar-refractivity contribution in [2.75, 3.05) is 0 Å². The Balaban J connectivity index is 2.64. The standard InChI is InChI=1S/C14H22N2O/c1-4-13(15)9-11-5-7-12(8-6-11)14(17)16-10(2)3/h5-8,10,13H,4,9,15H2,1-3H3,(H,16,17). The summed E-state index contributed by atoms with van der Waals surface area (Å²) in [6.07, 6.45) is 1.83. The van der Waals surface area contributed by atoms with Gasteiger partial charge in [0, 0.05) is 17.6 Å². The first kappa shape index (κ1) is 13.7. The predicted molar refractivity (Wildman–Crippen MR) is 71.0 cm³/mol. The van der Waals surface area contributed by atoms with E-state index in [9.17, 15) is 4.79 Å². The molecule has 0 aliphatic carbocycles. The van der Waals surface area contributed by atoms with Crippen molar-refractivity contribution >= 4 is 5.91 Å². The number of carbonyl (C=O) groups is 1. The highest BCUT2D eigenvalue weighted by Gasteiger charge is 2.07. The number of nitrogens with two attached hydrogens (primary N) is 1. The van der Waals surface area contributed by atoms with Gasteiger partial charge in [0.25, 0.3) is 5.91 Å². The number of hydrogen-bond donors (Lipinski definition) is 2. The van der Waals surface area contributed by atoms with Crippen molar-refractivity contribution < 1.29 is 4.79 Å². The van der Waals surface area contributed by atoms with Gasteiger partial charge in [0.1, 0.15) is 0 Å². The second-order valence-corrected chi connectivity index (χ2v) is 4.70. The van der Waals surface area contributed by atoms with Crippen molar-refractivity contribution in [1.29, 1.82) is 0 Å². The maximum Gasteiger partial charge on any atom is 0.251 e. The molecule has 0 saturated heterocycles. The van der Waals surface area contributed by atoms with Gasteiger partial charge in [-0.2, -0.15) is 0 Å². The summed E-state index contributed by atoms with van der Waals surface area (Å²) < 4.78 is 0. The second-order valence-electron chi connectivity index (χ2n) is 4.70. The quantitative estimate of drug-likeness (QED) is 0.819. The fraction of sp³-hybridized carbons (Fsp3) is 0.500. The van der Waals surface area contributed by atoms with Crippen LogP contribution < -0.4 is 11.1 Å². The zero-order valence-electron chi connectivity index (χ0n) is 10.9. The lowest BCUT2D eigenvalue weighted by atomic mass is 10.0. The number of carbonyl (C=O) groups excluding carboxylic acids is 1. The number of nitrogens with one attached hydrogen (secondary N) is 1. The van der Waals surface area contributed by atoms with Gasteiger partial charge in [-0.05, 0) is 44.4 Å². The smallest absolute Gasteiger partial charge is 0.251 e. The van der Waals surface area contributed by atoms with Gasteiger partial charge >= 0.3 is 0 Å². The Morgan fingerprint density at radius 1 is 1.29 bits per heavy atom. The SMILES string of the molecule is CCC(N)Cc1ccc(C(=O)NC(C)C)cc1. The van der Waals surface area contributed by atoms with Crippen LogP contribution >= 0.6 is 0 Å². The van der Waals surface area contributed by atoms with Crippen LogP contribution in [0.5, 0.6) is 0 Å². The van der Waals surface area contributed by atoms with Gasteiger partial charge in [-0.25, -0.2) is 0 Å². The number of hydrogen-bond acceptors (Lipinski definition) is 2. The van der Waals surface area contributed by atoms with Gasteiger partial charge in [0.05, 0.1) is 0 Å². The Hall–Kier alpha value is -1.35. The average Bonchev–Trinajstić information content (AvgIpc) is 2.28. The van der Waals surface area contributed by atoms with E-state index in [2.05, 4.69) is 12.2 Å². The summed E-state index contributed by atoms with van der Waals surface area (Å²) in [4.78, 5) is 11.7. The summed E-state index contributed by atoms with van der Waals surface area (Å²) in [5.41, 5.74) is 7.77. The largest absolute Gasteiger partial charge is 0.350 e. The maximum absolute atomic E-state index is 11.7. The lowest BCUT2D eigenvalue weighted by Crippen LogP contribution is -2.30. The summed E-state index contributed by atoms with van der Waals surface area (Å²) >= 11 is 0. The van der Waals surface area contributed by atoms with Crippen molar-refractivity contribution in [3.05, 3.63) is 35.4 Å². The molecular formula is C14H22N2O. The van der Waals surface area contributed by atoms with E-state index < -0.39 is 0 Å². The fourth-order valence-corrected chi connectivity index (χ4v) is 1.58. The Labute approximate surface area is 103 Å². The third-order valence-electron chi connectivity index (χ3n) is 2.66. The van der Waals surface area contributed by atoms with Crippen LogP contribution in [-0.2, 0) is 6.42 Å². The molecule has 1 rings (SSSR count). The van der Waals surface area contributed by atoms with Gasteiger partial charge in [-0.3, -0.25) is 4.79 Å². The molecule has 1 atom stereocenters. The zero-order valence-corrected chi connectivity index (χ0v) is 10.9. The number of amides is 1. The molecule has 3 nitrogen and oxygen atoms in total. The third kappa shape index (κ3) is 4.57. The molecule has 1 amide bonds. The molecular weight excluding hydrogens is 212 g/mol. The topological polar surface area (TPSA) is 55.1 Å². The third-order valence-corrected chi connectivity index (χ3v) is 2.66. The van der Waals surface area contributed by atoms with Crippen LogP contribution in [0.3, 0.4) is 0 Å². The molecule has 0 aliphatic heterocycles. The summed E-state index contributed by atoms with van der Waals surface area (Å²) in [5.74, 6) is -0.0219. The van der Waals surface area contributed by atoms with E-state index in [-0.39, 0.29) is 18.0 Å². The predicted octanol–water partition coefficient (Wildman–Crippen LogP) is 2.10. The molecule has 0 fully saturated rings. The molecule has 17 heavy (non-hydrogen) atoms. The van der Waals surface area contributed by atoms with E-state index in [0.29, 0.717) is 5.56 Å². The van der Waals surface area contributed by atoms with Gasteiger partial charge in [0.15, 0.2) is 0 Å². The highest BCUT2D eigenvalue weighted by atomic mass is 16.1. The Morgan fingerprint density at radius 3 is 2.35 bits per heavy atom. The van der Waals surface area contributed by atoms with Crippen molar-refractivity contribution in [2.45, 2.75) is 45.7 Å². The van der Waals surface area contributed by atoms with E-state index in [1.54, 1.807) is 0 Å². The highest BCUT2D eigenvalue weighted by molar-refractivity contribution is 5.94. The number of rotatable bonds is 5. The first-order valence-electron chi connectivity index (χ1n) is 6.18. The van der Waals surface area contributed by atoms with Gasteiger partial charge < -0.3 is 11.1 Å². The molecule has 0 aliphatic rings. The lowest BCUT2D eigenvalue weighted by Gasteiger charge is -2.10. The Bertz CT molecular complexity index is 357. The normalized spacial score (nSPS) is 12.5. The second kappa shape index (κ2) is 6.40. The lowest BCUT2D eigenvalue weighted by molar-refractivity contribution is 0.0943. The van der Waals surface area contributed by atoms with Crippen LogP contribution in [0.4, 0.5) is 0 Å². The molecule has 0 bridgehead atoms. The minimum Gasteiger partial charge on any atom is -0.350 e. The van der Waals surface area contributed by atoms with Crippen LogP contribution in [0.1, 0.15) is 43.1 Å². The van der Waals surface area contributed by atoms with Crippen LogP contribution in [0.15, 0.2) is 24.3 Å². The Morgan fingerprint density at radius 2 is 1.88 bits per heavy atom. The van der Waals surface area contributed by atoms with Gasteiger partial charge in [-0.1, -0.05) is 19.1 Å². The molecule has 3 heteroatoms. The molecule has 0 heterocycles. The van der Waals surface area contributed by atoms with Crippen molar-refractivity contribution in [3.63, 3.8) is 0 Å². The fourth-order valence-electron chi connectivity index (χ4n) is 1.58. The molecule has 94 valence electrons. The highest BCUT2D eigenvalue weighted by Crippen LogP contribution is 2.07. The first-order valence-corrected chi connectivity index (χ1v) is 6.18. The minimum atomic E-state index is -0.0219. The molecule has 0 spiro atoms. The Kier molecular flexibility index (Phi) is 5.16. The van der Waals surface area contributed by atoms with Crippen molar-refractivity contribution in [1.82, 2.24) is 5.32 Å². The van der Waals surface area contributed by atoms with E-state index in [1.165, 1.54) is 5.56 Å². The van der Waals surface area contributed by atoms with Crippen molar-refractivity contribution in [2.24, 2.45) is 5.73 Å². The average molecular weight is 234 g/mol. The monoisotopic (exact) mass is 234 g/mol. The molecule has 1 aromatic carbocycles. The molecule has 0 radical (unpaired) electrons. The summed E-state index contributed by atoms with van der Waals surface area (Å²) in [7, 11) is 0. The van der Waals surface area contributed by atoms with Crippen LogP contribution in [0.25, 0.3) is 0 Å². The maximum atomic E-state index is 11.7. The summed E-state index contributed by atoms with van der Waals surface area (Å²) in [6, 6.07) is 8.03. The molecule has 0 aromatic heterocycles. The van der Waals surface area contributed by atoms with E-state index in [4.69, 9.17) is 5.73 Å². The summed E-state index contributed by atoms with van der Waals surface area (Å²) in [5, 5.41) is 2.87. The minimum absolute atomic E-state index is 0.0219. The zero-order chi connectivity index (χ0) is 12.8. The van der Waals surface area contributed by atoms with Crippen LogP contribution in [-0.4, -0.2) is 18.0 Å². The van der Waals surface area contributed by atoms with Crippen molar-refractivity contribution in [3.8, 4) is 0 Å². The van der Waals surface area contributed by atoms with E-state index in [0.717, 1.165) is 12.8 Å². The van der Waals surface area contributed by atoms with Crippen LogP contribution in [0, 0.1) is 0 Å². The molecule has 0 saturated carbocycles. The first-order chi connectivity index (χ1) is 8.02. The van der Waals surface area contributed by atoms with Crippen LogP contribution in [0.2, 0.25) is 0 Å². The summed E-state index contributed by atoms with van der Waals surface area (Å²) in [6.45, 7) is 5.98. The molecule has 1 aromatic rings. The van der Waals surface area contributed by atoms with E-state index in [1.807, 2.05) is 38.1 Å². The molecule has 1 unspecified atom stereocenters. The number of benzene rings is 1. The van der Waals surface area contributed by atoms with E-state index >= 15 is 0 Å². The van der Waals surface area contributed by atoms with Gasteiger partial charge in [0.2, 0.25) is 0 Å². The van der Waals surface area contributed by atoms with Gasteiger partial charge in [-0.15, -0.1) is 0 Å². The molecule has 3 N–H and O–H groups in total.